The van der Waals surface area contributed by atoms with Gasteiger partial charge < -0.3 is 20.5 Å². The second kappa shape index (κ2) is 16.4. The van der Waals surface area contributed by atoms with Crippen molar-refractivity contribution in [3.8, 4) is 23.3 Å². The molecule has 0 aliphatic rings. The number of aromatic nitrogens is 4. The fourth-order valence-electron chi connectivity index (χ4n) is 4.46. The molecule has 0 radical (unpaired) electrons. The minimum atomic E-state index is 0.106. The van der Waals surface area contributed by atoms with Crippen molar-refractivity contribution in [2.45, 2.75) is 79.6 Å². The van der Waals surface area contributed by atoms with Gasteiger partial charge in [-0.25, -0.2) is 9.36 Å². The Morgan fingerprint density at radius 1 is 0.750 bits per heavy atom. The van der Waals surface area contributed by atoms with Crippen molar-refractivity contribution in [1.82, 2.24) is 24.9 Å². The van der Waals surface area contributed by atoms with Crippen LogP contribution in [0.15, 0.2) is 36.4 Å². The summed E-state index contributed by atoms with van der Waals surface area (Å²) < 4.78 is 15.7. The lowest BCUT2D eigenvalue weighted by atomic mass is 10.2. The number of nitrogens with two attached hydrogens (primary N) is 1. The molecule has 238 valence electrons. The Morgan fingerprint density at radius 2 is 1.14 bits per heavy atom. The molecule has 44 heavy (non-hydrogen) atoms. The summed E-state index contributed by atoms with van der Waals surface area (Å²) in [5.41, 5.74) is 9.39. The Hall–Kier alpha value is -2.95. The molecule has 0 aliphatic heterocycles. The van der Waals surface area contributed by atoms with Gasteiger partial charge in [-0.15, -0.1) is 0 Å². The van der Waals surface area contributed by atoms with Crippen LogP contribution in [0.5, 0.6) is 23.3 Å². The summed E-state index contributed by atoms with van der Waals surface area (Å²) in [6, 6.07) is 10.5. The molecule has 0 unspecified atom stereocenters. The van der Waals surface area contributed by atoms with E-state index in [1.165, 1.54) is 0 Å². The predicted molar refractivity (Wildman–Crippen MR) is 178 cm³/mol. The van der Waals surface area contributed by atoms with Crippen molar-refractivity contribution < 1.29 is 14.3 Å². The van der Waals surface area contributed by atoms with Gasteiger partial charge >= 0.3 is 0 Å². The van der Waals surface area contributed by atoms with Crippen LogP contribution in [0.4, 0.5) is 0 Å². The van der Waals surface area contributed by atoms with E-state index in [0.29, 0.717) is 62.8 Å². The first-order valence-electron chi connectivity index (χ1n) is 14.3. The highest BCUT2D eigenvalue weighted by Crippen LogP contribution is 2.35. The Balaban J connectivity index is 0.000000241. The standard InChI is InChI=1S/C16H19Cl2N3O2.C15H19Cl2N3O/c1-4-14-15(8-19-9-22)20-21(10(2)3)16(14)23-13-6-11(17)5-12(18)7-13;1-4-13-14(8-18)19-20(9(2)3)15(13)21-12-6-10(16)5-11(17)7-12/h5-7,9-10H,4,8H2,1-3H3,(H,19,22);5-7,9H,4,8,18H2,1-3H3. The second-order valence-electron chi connectivity index (χ2n) is 10.4. The molecule has 9 nitrogen and oxygen atoms in total. The number of nitrogens with zero attached hydrogens (tertiary/aromatic N) is 4. The van der Waals surface area contributed by atoms with Crippen LogP contribution >= 0.6 is 46.4 Å². The van der Waals surface area contributed by atoms with Crippen LogP contribution in [0.1, 0.15) is 76.1 Å². The molecule has 0 saturated heterocycles. The van der Waals surface area contributed by atoms with Crippen molar-refractivity contribution >= 4 is 52.8 Å². The Kier molecular flexibility index (Phi) is 13.2. The fourth-order valence-corrected chi connectivity index (χ4v) is 5.48. The molecule has 0 spiro atoms. The number of rotatable bonds is 12. The highest BCUT2D eigenvalue weighted by atomic mass is 35.5. The molecular weight excluding hydrogens is 646 g/mol. The minimum absolute atomic E-state index is 0.106. The van der Waals surface area contributed by atoms with E-state index in [0.717, 1.165) is 35.4 Å². The number of nitrogens with one attached hydrogen (secondary N) is 1. The van der Waals surface area contributed by atoms with Gasteiger partial charge in [-0.1, -0.05) is 60.3 Å². The van der Waals surface area contributed by atoms with Crippen molar-refractivity contribution in [1.29, 1.82) is 0 Å². The van der Waals surface area contributed by atoms with E-state index < -0.39 is 0 Å². The van der Waals surface area contributed by atoms with Crippen LogP contribution < -0.4 is 20.5 Å². The van der Waals surface area contributed by atoms with E-state index in [2.05, 4.69) is 22.4 Å². The zero-order valence-electron chi connectivity index (χ0n) is 25.6. The molecule has 0 bridgehead atoms. The maximum Gasteiger partial charge on any atom is 0.221 e. The van der Waals surface area contributed by atoms with E-state index in [4.69, 9.17) is 61.6 Å². The van der Waals surface area contributed by atoms with Gasteiger partial charge in [0.1, 0.15) is 11.5 Å². The Bertz CT molecular complexity index is 1530. The topological polar surface area (TPSA) is 109 Å². The van der Waals surface area contributed by atoms with Crippen molar-refractivity contribution in [3.05, 3.63) is 79.0 Å². The molecule has 0 aliphatic carbocycles. The number of hydrogen-bond donors (Lipinski definition) is 2. The van der Waals surface area contributed by atoms with Crippen LogP contribution in [0.2, 0.25) is 20.1 Å². The molecule has 2 aromatic heterocycles. The summed E-state index contributed by atoms with van der Waals surface area (Å²) >= 11 is 24.1. The summed E-state index contributed by atoms with van der Waals surface area (Å²) in [5.74, 6) is 2.48. The van der Waals surface area contributed by atoms with E-state index in [1.54, 1.807) is 41.1 Å². The molecule has 0 atom stereocenters. The largest absolute Gasteiger partial charge is 0.439 e. The van der Waals surface area contributed by atoms with E-state index in [-0.39, 0.29) is 12.1 Å². The van der Waals surface area contributed by atoms with Gasteiger partial charge in [0.05, 0.1) is 30.0 Å². The normalized spacial score (nSPS) is 11.0. The predicted octanol–water partition coefficient (Wildman–Crippen LogP) is 8.96. The van der Waals surface area contributed by atoms with Gasteiger partial charge in [0.15, 0.2) is 0 Å². The summed E-state index contributed by atoms with van der Waals surface area (Å²) in [4.78, 5) is 10.6. The van der Waals surface area contributed by atoms with Gasteiger partial charge in [0, 0.05) is 37.8 Å². The van der Waals surface area contributed by atoms with E-state index in [9.17, 15) is 4.79 Å². The molecule has 4 rings (SSSR count). The number of amides is 1. The summed E-state index contributed by atoms with van der Waals surface area (Å²) in [6.07, 6.45) is 2.18. The highest BCUT2D eigenvalue weighted by molar-refractivity contribution is 6.35. The lowest BCUT2D eigenvalue weighted by molar-refractivity contribution is -0.109. The van der Waals surface area contributed by atoms with Crippen LogP contribution in [0, 0.1) is 0 Å². The van der Waals surface area contributed by atoms with Gasteiger partial charge in [0.2, 0.25) is 18.2 Å². The lowest BCUT2D eigenvalue weighted by Crippen LogP contribution is -2.12. The van der Waals surface area contributed by atoms with Crippen LogP contribution in [-0.2, 0) is 30.7 Å². The molecule has 2 aromatic carbocycles. The molecule has 3 N–H and O–H groups in total. The van der Waals surface area contributed by atoms with E-state index >= 15 is 0 Å². The summed E-state index contributed by atoms with van der Waals surface area (Å²) in [7, 11) is 0. The van der Waals surface area contributed by atoms with Crippen LogP contribution in [0.3, 0.4) is 0 Å². The van der Waals surface area contributed by atoms with Gasteiger partial charge in [0.25, 0.3) is 0 Å². The Morgan fingerprint density at radius 3 is 1.48 bits per heavy atom. The summed E-state index contributed by atoms with van der Waals surface area (Å²) in [5, 5.41) is 13.8. The van der Waals surface area contributed by atoms with Crippen LogP contribution in [-0.4, -0.2) is 26.0 Å². The highest BCUT2D eigenvalue weighted by Gasteiger charge is 2.21. The smallest absolute Gasteiger partial charge is 0.221 e. The molecule has 2 heterocycles. The number of carbonyl (C=O) groups excluding carboxylic acids is 1. The third-order valence-corrected chi connectivity index (χ3v) is 7.29. The lowest BCUT2D eigenvalue weighted by Gasteiger charge is -2.13. The average molecular weight is 684 g/mol. The second-order valence-corrected chi connectivity index (χ2v) is 12.1. The minimum Gasteiger partial charge on any atom is -0.439 e. The number of ether oxygens (including phenoxy) is 2. The van der Waals surface area contributed by atoms with Crippen molar-refractivity contribution in [2.75, 3.05) is 0 Å². The molecule has 0 fully saturated rings. The zero-order valence-corrected chi connectivity index (χ0v) is 28.7. The van der Waals surface area contributed by atoms with Crippen molar-refractivity contribution in [2.24, 2.45) is 5.73 Å². The van der Waals surface area contributed by atoms with Crippen LogP contribution in [0.25, 0.3) is 0 Å². The Labute approximate surface area is 278 Å². The maximum absolute atomic E-state index is 10.6. The first kappa shape index (κ1) is 35.5. The number of benzene rings is 2. The third kappa shape index (κ3) is 9.05. The summed E-state index contributed by atoms with van der Waals surface area (Å²) in [6.45, 7) is 12.9. The molecular formula is C31H38Cl4N6O3. The fraction of sp³-hybridized carbons (Fsp3) is 0.387. The average Bonchev–Trinajstić information content (AvgIpc) is 3.48. The van der Waals surface area contributed by atoms with Gasteiger partial charge in [-0.2, -0.15) is 10.2 Å². The number of halogens is 4. The first-order valence-corrected chi connectivity index (χ1v) is 15.8. The molecule has 4 aromatic rings. The number of carbonyl (C=O) groups is 1. The van der Waals surface area contributed by atoms with Gasteiger partial charge in [-0.3, -0.25) is 4.79 Å². The zero-order chi connectivity index (χ0) is 32.6. The first-order chi connectivity index (χ1) is 20.9. The monoisotopic (exact) mass is 682 g/mol. The molecule has 0 saturated carbocycles. The van der Waals surface area contributed by atoms with E-state index in [1.807, 2.05) is 39.3 Å². The quantitative estimate of drug-likeness (QED) is 0.144. The SMILES string of the molecule is CCc1c(CN)nn(C(C)C)c1Oc1cc(Cl)cc(Cl)c1.CCc1c(CNC=O)nn(C(C)C)c1Oc1cc(Cl)cc(Cl)c1. The van der Waals surface area contributed by atoms with Gasteiger partial charge in [-0.05, 0) is 76.9 Å². The maximum atomic E-state index is 10.6. The van der Waals surface area contributed by atoms with Crippen molar-refractivity contribution in [3.63, 3.8) is 0 Å². The molecule has 13 heteroatoms. The third-order valence-electron chi connectivity index (χ3n) is 6.42. The molecule has 1 amide bonds. The number of hydrogen-bond acceptors (Lipinski definition) is 6.